The van der Waals surface area contributed by atoms with E-state index < -0.39 is 11.8 Å². The van der Waals surface area contributed by atoms with E-state index in [-0.39, 0.29) is 5.56 Å². The third kappa shape index (κ3) is 9.39. The molecular formula is C31H40ClN5O3. The lowest BCUT2D eigenvalue weighted by Gasteiger charge is -2.29. The maximum atomic E-state index is 11.5. The van der Waals surface area contributed by atoms with E-state index in [1.54, 1.807) is 67.0 Å². The Bertz CT molecular complexity index is 1420. The van der Waals surface area contributed by atoms with Gasteiger partial charge in [0.1, 0.15) is 0 Å². The van der Waals surface area contributed by atoms with Crippen LogP contribution in [0.2, 0.25) is 5.02 Å². The molecule has 5 N–H and O–H groups in total. The van der Waals surface area contributed by atoms with Crippen LogP contribution in [-0.2, 0) is 0 Å². The number of nitrogens with two attached hydrogens (primary N) is 2. The third-order valence-electron chi connectivity index (χ3n) is 6.29. The number of carbonyl (C=O) groups excluding carboxylic acids is 2. The summed E-state index contributed by atoms with van der Waals surface area (Å²) in [7, 11) is 0. The molecule has 9 heteroatoms. The van der Waals surface area contributed by atoms with Gasteiger partial charge in [0, 0.05) is 52.2 Å². The summed E-state index contributed by atoms with van der Waals surface area (Å²) < 4.78 is 1.49. The second kappa shape index (κ2) is 16.3. The summed E-state index contributed by atoms with van der Waals surface area (Å²) in [5.41, 5.74) is 12.6. The third-order valence-corrected chi connectivity index (χ3v) is 6.60. The molecule has 0 radical (unpaired) electrons. The maximum Gasteiger partial charge on any atom is 0.255 e. The number of aromatic amines is 1. The predicted octanol–water partition coefficient (Wildman–Crippen LogP) is 5.76. The molecule has 0 saturated carbocycles. The number of piperidine rings is 1. The highest BCUT2D eigenvalue weighted by Gasteiger charge is 2.11. The van der Waals surface area contributed by atoms with Gasteiger partial charge in [-0.1, -0.05) is 44.0 Å². The zero-order chi connectivity index (χ0) is 29.7. The topological polar surface area (TPSA) is 127 Å². The summed E-state index contributed by atoms with van der Waals surface area (Å²) >= 11 is 5.86. The van der Waals surface area contributed by atoms with Crippen molar-refractivity contribution >= 4 is 34.3 Å². The van der Waals surface area contributed by atoms with Crippen molar-refractivity contribution in [3.05, 3.63) is 99.6 Å². The number of hydrogen-bond donors (Lipinski definition) is 3. The molecule has 3 heterocycles. The van der Waals surface area contributed by atoms with Gasteiger partial charge in [0.2, 0.25) is 11.8 Å². The number of pyridine rings is 1. The molecule has 2 aromatic carbocycles. The van der Waals surface area contributed by atoms with Gasteiger partial charge in [-0.05, 0) is 82.2 Å². The molecule has 2 aromatic heterocycles. The minimum absolute atomic E-state index is 0.116. The van der Waals surface area contributed by atoms with E-state index in [0.717, 1.165) is 16.9 Å². The number of benzene rings is 2. The van der Waals surface area contributed by atoms with Crippen molar-refractivity contribution in [3.8, 4) is 5.69 Å². The molecule has 1 fully saturated rings. The summed E-state index contributed by atoms with van der Waals surface area (Å²) in [4.78, 5) is 38.7. The van der Waals surface area contributed by atoms with Gasteiger partial charge < -0.3 is 21.4 Å². The Kier molecular flexibility index (Phi) is 13.2. The minimum atomic E-state index is -0.480. The number of nitrogens with zero attached hydrogens (tertiary/aromatic N) is 2. The van der Waals surface area contributed by atoms with Crippen molar-refractivity contribution < 1.29 is 9.59 Å². The Morgan fingerprint density at radius 1 is 0.875 bits per heavy atom. The molecule has 8 nitrogen and oxygen atoms in total. The lowest BCUT2D eigenvalue weighted by atomic mass is 10.1. The van der Waals surface area contributed by atoms with Gasteiger partial charge in [-0.25, -0.2) is 0 Å². The molecule has 0 aliphatic carbocycles. The quantitative estimate of drug-likeness (QED) is 0.290. The Morgan fingerprint density at radius 3 is 2.00 bits per heavy atom. The van der Waals surface area contributed by atoms with E-state index >= 15 is 0 Å². The standard InChI is InChI=1S/C12H10N2O2.C9H7ClN2O.C8H17N.C2H6/c13-12(16)9-4-6-10(7-5-9)14-8-2-1-3-11(14)15;10-7-4-12-8-3-5(9(11)13)1-2-6(7)8;1-8(2)9-6-4-3-5-7-9;1-2/h1-8H,(H2,13,16);1-4,12H,(H2,11,13);8H,3-7H2,1-2H3;1-2H3. The Hall–Kier alpha value is -3.88. The average Bonchev–Trinajstić information content (AvgIpc) is 3.35. The van der Waals surface area contributed by atoms with Gasteiger partial charge in [-0.3, -0.25) is 19.0 Å². The summed E-state index contributed by atoms with van der Waals surface area (Å²) in [6.45, 7) is 11.2. The maximum absolute atomic E-state index is 11.5. The highest BCUT2D eigenvalue weighted by Crippen LogP contribution is 2.23. The van der Waals surface area contributed by atoms with Crippen molar-refractivity contribution in [1.29, 1.82) is 0 Å². The largest absolute Gasteiger partial charge is 0.366 e. The van der Waals surface area contributed by atoms with Crippen LogP contribution < -0.4 is 17.0 Å². The van der Waals surface area contributed by atoms with Crippen LogP contribution in [0.4, 0.5) is 0 Å². The first-order chi connectivity index (χ1) is 19.2. The molecule has 0 atom stereocenters. The van der Waals surface area contributed by atoms with Gasteiger partial charge >= 0.3 is 0 Å². The van der Waals surface area contributed by atoms with Crippen LogP contribution in [0.25, 0.3) is 16.6 Å². The highest BCUT2D eigenvalue weighted by atomic mass is 35.5. The number of halogens is 1. The van der Waals surface area contributed by atoms with Gasteiger partial charge in [0.05, 0.1) is 5.02 Å². The predicted molar refractivity (Wildman–Crippen MR) is 164 cm³/mol. The van der Waals surface area contributed by atoms with E-state index in [0.29, 0.717) is 21.8 Å². The molecule has 0 spiro atoms. The number of likely N-dealkylation sites (tertiary alicyclic amines) is 1. The van der Waals surface area contributed by atoms with E-state index in [1.165, 1.54) is 43.0 Å². The SMILES string of the molecule is CC.CC(C)N1CCCCC1.NC(=O)c1ccc(-n2ccccc2=O)cc1.NC(=O)c1ccc2c(Cl)c[nH]c2c1. The van der Waals surface area contributed by atoms with Crippen LogP contribution in [0, 0.1) is 0 Å². The molecule has 2 amide bonds. The van der Waals surface area contributed by atoms with Crippen molar-refractivity contribution in [2.45, 2.75) is 53.0 Å². The summed E-state index contributed by atoms with van der Waals surface area (Å²) in [5, 5.41) is 1.54. The second-order valence-electron chi connectivity index (χ2n) is 9.27. The average molecular weight is 566 g/mol. The Balaban J connectivity index is 0.000000211. The number of H-pyrrole nitrogens is 1. The summed E-state index contributed by atoms with van der Waals surface area (Å²) in [5.74, 6) is -0.917. The molecule has 5 rings (SSSR count). The number of fused-ring (bicyclic) bond motifs is 1. The fourth-order valence-corrected chi connectivity index (χ4v) is 4.33. The van der Waals surface area contributed by atoms with Crippen LogP contribution in [-0.4, -0.2) is 45.4 Å². The second-order valence-corrected chi connectivity index (χ2v) is 9.68. The van der Waals surface area contributed by atoms with E-state index in [9.17, 15) is 14.4 Å². The first kappa shape index (κ1) is 32.3. The van der Waals surface area contributed by atoms with E-state index in [1.807, 2.05) is 13.8 Å². The lowest BCUT2D eigenvalue weighted by Crippen LogP contribution is -2.35. The highest BCUT2D eigenvalue weighted by molar-refractivity contribution is 6.35. The zero-order valence-electron chi connectivity index (χ0n) is 23.7. The number of primary amides is 2. The molecule has 4 aromatic rings. The number of nitrogens with one attached hydrogen (secondary N) is 1. The first-order valence-corrected chi connectivity index (χ1v) is 13.9. The monoisotopic (exact) mass is 565 g/mol. The first-order valence-electron chi connectivity index (χ1n) is 13.6. The molecule has 40 heavy (non-hydrogen) atoms. The molecule has 1 aliphatic heterocycles. The van der Waals surface area contributed by atoms with Crippen LogP contribution in [0.5, 0.6) is 0 Å². The van der Waals surface area contributed by atoms with Crippen LogP contribution >= 0.6 is 11.6 Å². The number of hydrogen-bond acceptors (Lipinski definition) is 4. The van der Waals surface area contributed by atoms with Crippen LogP contribution in [0.15, 0.2) is 77.9 Å². The molecular weight excluding hydrogens is 526 g/mol. The van der Waals surface area contributed by atoms with Gasteiger partial charge in [0.15, 0.2) is 0 Å². The fourth-order valence-electron chi connectivity index (χ4n) is 4.11. The number of amides is 2. The number of carbonyl (C=O) groups is 2. The molecule has 1 saturated heterocycles. The smallest absolute Gasteiger partial charge is 0.255 e. The summed E-state index contributed by atoms with van der Waals surface area (Å²) in [6, 6.07) is 17.4. The molecule has 1 aliphatic rings. The Morgan fingerprint density at radius 2 is 1.48 bits per heavy atom. The van der Waals surface area contributed by atoms with Gasteiger partial charge in [-0.15, -0.1) is 0 Å². The minimum Gasteiger partial charge on any atom is -0.366 e. The van der Waals surface area contributed by atoms with Gasteiger partial charge in [-0.2, -0.15) is 0 Å². The van der Waals surface area contributed by atoms with E-state index in [2.05, 4.69) is 23.7 Å². The molecule has 0 bridgehead atoms. The van der Waals surface area contributed by atoms with Crippen molar-refractivity contribution in [1.82, 2.24) is 14.5 Å². The Labute approximate surface area is 240 Å². The number of aromatic nitrogens is 2. The van der Waals surface area contributed by atoms with Crippen molar-refractivity contribution in [2.75, 3.05) is 13.1 Å². The summed E-state index contributed by atoms with van der Waals surface area (Å²) in [6.07, 6.45) is 7.62. The van der Waals surface area contributed by atoms with Crippen LogP contribution in [0.1, 0.15) is 67.7 Å². The number of rotatable bonds is 4. The molecule has 214 valence electrons. The van der Waals surface area contributed by atoms with Crippen molar-refractivity contribution in [3.63, 3.8) is 0 Å². The van der Waals surface area contributed by atoms with Gasteiger partial charge in [0.25, 0.3) is 5.56 Å². The van der Waals surface area contributed by atoms with Crippen LogP contribution in [0.3, 0.4) is 0 Å². The lowest BCUT2D eigenvalue weighted by molar-refractivity contribution is 0.0992. The van der Waals surface area contributed by atoms with E-state index in [4.69, 9.17) is 23.1 Å². The molecule has 0 unspecified atom stereocenters. The normalized spacial score (nSPS) is 12.8. The van der Waals surface area contributed by atoms with Crippen molar-refractivity contribution in [2.24, 2.45) is 11.5 Å². The zero-order valence-corrected chi connectivity index (χ0v) is 24.4. The fraction of sp³-hybridized carbons (Fsp3) is 0.323.